The molecule has 3 nitrogen and oxygen atoms in total. The van der Waals surface area contributed by atoms with E-state index >= 15 is 0 Å². The van der Waals surface area contributed by atoms with Crippen molar-refractivity contribution >= 4 is 12.4 Å². The Morgan fingerprint density at radius 3 is 2.64 bits per heavy atom. The number of hydrogen-bond donors (Lipinski definition) is 2. The van der Waals surface area contributed by atoms with Gasteiger partial charge in [-0.15, -0.1) is 12.4 Å². The van der Waals surface area contributed by atoms with Crippen molar-refractivity contribution in [3.8, 4) is 11.5 Å². The second kappa shape index (κ2) is 6.51. The number of rotatable bonds is 4. The van der Waals surface area contributed by atoms with Crippen molar-refractivity contribution < 1.29 is 9.84 Å². The van der Waals surface area contributed by atoms with Gasteiger partial charge in [0.15, 0.2) is 11.5 Å². The Hall–Kier alpha value is -0.930. The van der Waals surface area contributed by atoms with E-state index in [1.165, 1.54) is 7.11 Å². The minimum absolute atomic E-state index is 0. The molecular formula is C10H16ClNO2. The number of phenols is 1. The van der Waals surface area contributed by atoms with Crippen LogP contribution in [-0.4, -0.2) is 18.8 Å². The van der Waals surface area contributed by atoms with Crippen LogP contribution in [0.5, 0.6) is 11.5 Å². The molecule has 14 heavy (non-hydrogen) atoms. The third kappa shape index (κ3) is 3.44. The molecule has 0 radical (unpaired) electrons. The second-order valence-electron chi connectivity index (χ2n) is 2.90. The molecule has 0 atom stereocenters. The summed E-state index contributed by atoms with van der Waals surface area (Å²) in [4.78, 5) is 0. The van der Waals surface area contributed by atoms with Crippen LogP contribution in [0.1, 0.15) is 12.0 Å². The van der Waals surface area contributed by atoms with Gasteiger partial charge >= 0.3 is 0 Å². The van der Waals surface area contributed by atoms with Crippen LogP contribution in [0.25, 0.3) is 0 Å². The van der Waals surface area contributed by atoms with Crippen LogP contribution in [0.2, 0.25) is 0 Å². The molecule has 0 aromatic heterocycles. The summed E-state index contributed by atoms with van der Waals surface area (Å²) in [5.74, 6) is 0.702. The Labute approximate surface area is 90.3 Å². The highest BCUT2D eigenvalue weighted by atomic mass is 35.5. The molecule has 0 bridgehead atoms. The van der Waals surface area contributed by atoms with Gasteiger partial charge in [-0.3, -0.25) is 0 Å². The van der Waals surface area contributed by atoms with Crippen molar-refractivity contribution in [1.82, 2.24) is 0 Å². The van der Waals surface area contributed by atoms with Gasteiger partial charge in [-0.05, 0) is 37.1 Å². The quantitative estimate of drug-likeness (QED) is 0.808. The summed E-state index contributed by atoms with van der Waals surface area (Å²) in [7, 11) is 1.54. The first-order valence-electron chi connectivity index (χ1n) is 4.34. The van der Waals surface area contributed by atoms with Crippen LogP contribution in [0.3, 0.4) is 0 Å². The minimum Gasteiger partial charge on any atom is -0.504 e. The molecule has 1 aromatic carbocycles. The van der Waals surface area contributed by atoms with Gasteiger partial charge in [0, 0.05) is 0 Å². The van der Waals surface area contributed by atoms with Crippen LogP contribution in [-0.2, 0) is 6.42 Å². The molecule has 0 unspecified atom stereocenters. The Balaban J connectivity index is 0.00000169. The number of aromatic hydroxyl groups is 1. The monoisotopic (exact) mass is 217 g/mol. The molecular weight excluding hydrogens is 202 g/mol. The number of methoxy groups -OCH3 is 1. The number of halogens is 1. The van der Waals surface area contributed by atoms with Crippen LogP contribution in [0.15, 0.2) is 18.2 Å². The topological polar surface area (TPSA) is 55.5 Å². The van der Waals surface area contributed by atoms with Crippen molar-refractivity contribution in [2.75, 3.05) is 13.7 Å². The number of phenolic OH excluding ortho intramolecular Hbond substituents is 1. The fourth-order valence-electron chi connectivity index (χ4n) is 1.20. The molecule has 0 aliphatic carbocycles. The number of hydrogen-bond acceptors (Lipinski definition) is 3. The highest BCUT2D eigenvalue weighted by Gasteiger charge is 2.01. The number of nitrogens with two attached hydrogens (primary N) is 1. The third-order valence-electron chi connectivity index (χ3n) is 1.91. The van der Waals surface area contributed by atoms with Crippen molar-refractivity contribution in [2.45, 2.75) is 12.8 Å². The molecule has 1 rings (SSSR count). The molecule has 3 N–H and O–H groups in total. The number of benzene rings is 1. The molecule has 0 spiro atoms. The number of ether oxygens (including phenoxy) is 1. The van der Waals surface area contributed by atoms with E-state index in [0.29, 0.717) is 12.3 Å². The summed E-state index contributed by atoms with van der Waals surface area (Å²) >= 11 is 0. The van der Waals surface area contributed by atoms with Crippen LogP contribution < -0.4 is 10.5 Å². The maximum Gasteiger partial charge on any atom is 0.160 e. The van der Waals surface area contributed by atoms with E-state index in [0.717, 1.165) is 18.4 Å². The van der Waals surface area contributed by atoms with E-state index in [1.807, 2.05) is 6.07 Å². The molecule has 0 heterocycles. The molecule has 0 amide bonds. The SMILES string of the molecule is COc1ccc(CCCN)cc1O.Cl. The second-order valence-corrected chi connectivity index (χ2v) is 2.90. The highest BCUT2D eigenvalue weighted by molar-refractivity contribution is 5.85. The van der Waals surface area contributed by atoms with E-state index in [1.54, 1.807) is 12.1 Å². The fourth-order valence-corrected chi connectivity index (χ4v) is 1.20. The minimum atomic E-state index is 0. The Morgan fingerprint density at radius 2 is 2.14 bits per heavy atom. The van der Waals surface area contributed by atoms with Crippen LogP contribution in [0.4, 0.5) is 0 Å². The first-order valence-corrected chi connectivity index (χ1v) is 4.34. The summed E-state index contributed by atoms with van der Waals surface area (Å²) in [5.41, 5.74) is 6.47. The van der Waals surface area contributed by atoms with E-state index in [4.69, 9.17) is 10.5 Å². The number of aryl methyl sites for hydroxylation is 1. The van der Waals surface area contributed by atoms with E-state index in [-0.39, 0.29) is 18.2 Å². The standard InChI is InChI=1S/C10H15NO2.ClH/c1-13-10-5-4-8(3-2-6-11)7-9(10)12;/h4-5,7,12H,2-3,6,11H2,1H3;1H. The van der Waals surface area contributed by atoms with Crippen molar-refractivity contribution in [2.24, 2.45) is 5.73 Å². The highest BCUT2D eigenvalue weighted by Crippen LogP contribution is 2.26. The summed E-state index contributed by atoms with van der Waals surface area (Å²) in [6.07, 6.45) is 1.83. The lowest BCUT2D eigenvalue weighted by Gasteiger charge is -2.05. The van der Waals surface area contributed by atoms with Crippen molar-refractivity contribution in [3.63, 3.8) is 0 Å². The fraction of sp³-hybridized carbons (Fsp3) is 0.400. The van der Waals surface area contributed by atoms with E-state index < -0.39 is 0 Å². The van der Waals surface area contributed by atoms with Crippen molar-refractivity contribution in [3.05, 3.63) is 23.8 Å². The largest absolute Gasteiger partial charge is 0.504 e. The zero-order valence-electron chi connectivity index (χ0n) is 8.19. The summed E-state index contributed by atoms with van der Waals surface area (Å²) < 4.78 is 4.93. The van der Waals surface area contributed by atoms with Crippen molar-refractivity contribution in [1.29, 1.82) is 0 Å². The van der Waals surface area contributed by atoms with Crippen LogP contribution >= 0.6 is 12.4 Å². The van der Waals surface area contributed by atoms with Gasteiger partial charge in [-0.2, -0.15) is 0 Å². The normalized spacial score (nSPS) is 9.29. The average Bonchev–Trinajstić information content (AvgIpc) is 2.15. The Kier molecular flexibility index (Phi) is 6.08. The molecule has 80 valence electrons. The maximum atomic E-state index is 9.43. The first kappa shape index (κ1) is 13.1. The molecule has 1 aromatic rings. The van der Waals surface area contributed by atoms with Gasteiger partial charge < -0.3 is 15.6 Å². The zero-order chi connectivity index (χ0) is 9.68. The summed E-state index contributed by atoms with van der Waals surface area (Å²) in [5, 5.41) is 9.43. The Bertz CT molecular complexity index is 279. The molecule has 0 aliphatic rings. The van der Waals surface area contributed by atoms with Gasteiger partial charge in [0.1, 0.15) is 0 Å². The van der Waals surface area contributed by atoms with Crippen LogP contribution in [0, 0.1) is 0 Å². The third-order valence-corrected chi connectivity index (χ3v) is 1.91. The van der Waals surface area contributed by atoms with Gasteiger partial charge in [0.25, 0.3) is 0 Å². The predicted molar refractivity (Wildman–Crippen MR) is 59.3 cm³/mol. The molecule has 4 heteroatoms. The first-order chi connectivity index (χ1) is 6.27. The van der Waals surface area contributed by atoms with E-state index in [2.05, 4.69) is 0 Å². The zero-order valence-corrected chi connectivity index (χ0v) is 9.01. The molecule has 0 fully saturated rings. The summed E-state index contributed by atoms with van der Waals surface area (Å²) in [6.45, 7) is 0.673. The predicted octanol–water partition coefficient (Wildman–Crippen LogP) is 1.71. The lowest BCUT2D eigenvalue weighted by Crippen LogP contribution is -2.00. The van der Waals surface area contributed by atoms with Gasteiger partial charge in [-0.25, -0.2) is 0 Å². The lowest BCUT2D eigenvalue weighted by atomic mass is 10.1. The summed E-state index contributed by atoms with van der Waals surface area (Å²) in [6, 6.07) is 5.42. The van der Waals surface area contributed by atoms with Gasteiger partial charge in [0.2, 0.25) is 0 Å². The molecule has 0 saturated heterocycles. The van der Waals surface area contributed by atoms with Gasteiger partial charge in [-0.1, -0.05) is 6.07 Å². The molecule has 0 saturated carbocycles. The average molecular weight is 218 g/mol. The maximum absolute atomic E-state index is 9.43. The van der Waals surface area contributed by atoms with E-state index in [9.17, 15) is 5.11 Å². The molecule has 0 aliphatic heterocycles. The lowest BCUT2D eigenvalue weighted by molar-refractivity contribution is 0.373. The van der Waals surface area contributed by atoms with Gasteiger partial charge in [0.05, 0.1) is 7.11 Å². The smallest absolute Gasteiger partial charge is 0.160 e. The Morgan fingerprint density at radius 1 is 1.43 bits per heavy atom.